The third-order valence-electron chi connectivity index (χ3n) is 13.3. The molecule has 0 saturated carbocycles. The van der Waals surface area contributed by atoms with Crippen LogP contribution < -0.4 is 0 Å². The number of hydrogen-bond acceptors (Lipinski definition) is 7. The SMILES string of the molecule is CC/C=C\C/C=C\C/C=C\C/C=C\C/C=C\C/C=C\C/C=C\C/C=C\C/C=C\CCCC(=O)OC(COC(=O)CCCCCCCCCCCCCCCCCC/C=C\C/C=C\C/C=C\C/C=C\CC)COC(OCC[N+](C)(C)C)C(=O)O. The summed E-state index contributed by atoms with van der Waals surface area (Å²) in [6, 6.07) is 0. The molecule has 0 aliphatic rings. The van der Waals surface area contributed by atoms with Crippen molar-refractivity contribution < 1.29 is 42.9 Å². The van der Waals surface area contributed by atoms with E-state index in [-0.39, 0.29) is 38.6 Å². The Morgan fingerprint density at radius 2 is 0.663 bits per heavy atom. The lowest BCUT2D eigenvalue weighted by atomic mass is 10.0. The van der Waals surface area contributed by atoms with Gasteiger partial charge in [0.1, 0.15) is 13.2 Å². The summed E-state index contributed by atoms with van der Waals surface area (Å²) in [6.07, 6.45) is 90.6. The van der Waals surface area contributed by atoms with Gasteiger partial charge in [0.05, 0.1) is 34.4 Å². The van der Waals surface area contributed by atoms with Crippen LogP contribution in [0, 0.1) is 0 Å². The summed E-state index contributed by atoms with van der Waals surface area (Å²) in [6.45, 7) is 4.57. The van der Waals surface area contributed by atoms with Crippen molar-refractivity contribution in [3.8, 4) is 0 Å². The largest absolute Gasteiger partial charge is 0.477 e. The van der Waals surface area contributed by atoms with Gasteiger partial charge in [-0.3, -0.25) is 9.59 Å². The Bertz CT molecular complexity index is 1920. The van der Waals surface area contributed by atoms with Crippen LogP contribution >= 0.6 is 0 Å². The predicted molar refractivity (Wildman–Crippen MR) is 354 cm³/mol. The number of carbonyl (C=O) groups is 3. The molecular formula is C74H120NO8+. The van der Waals surface area contributed by atoms with Gasteiger partial charge in [-0.25, -0.2) is 4.79 Å². The molecule has 0 heterocycles. The van der Waals surface area contributed by atoms with E-state index in [1.807, 2.05) is 21.1 Å². The molecule has 2 atom stereocenters. The zero-order chi connectivity index (χ0) is 60.5. The fraction of sp³-hybridized carbons (Fsp3) is 0.608. The van der Waals surface area contributed by atoms with Crippen LogP contribution in [0.3, 0.4) is 0 Å². The standard InChI is InChI=1S/C74H119NO8/c1-6-8-10-12-14-16-18-20-22-24-26-28-30-32-34-36-38-40-42-44-46-48-50-52-54-56-58-60-62-64-71(76)81-68-70(69-82-74(73(78)79)80-67-66-75(3,4)5)83-72(77)65-63-61-59-57-55-53-51-49-47-45-43-41-39-37-35-33-31-29-27-25-23-21-19-17-15-13-11-9-7-2/h8-11,14-17,20-23,26-29,33,35,39,41,45,47,51,53,57,59,70,74H,6-7,12-13,18-19,24-25,30-32,34,36-38,40,42-44,46,48-50,52,54-56,58,60-69H2,1-5H3/p+1/b10-8-,11-9-,16-14-,17-15-,22-20-,23-21-,28-26-,29-27-,35-33-,41-39-,47-45-,53-51-,59-57-. The molecule has 9 nitrogen and oxygen atoms in total. The number of likely N-dealkylation sites (N-methyl/N-ethyl adjacent to an activating group) is 1. The maximum atomic E-state index is 12.9. The summed E-state index contributed by atoms with van der Waals surface area (Å²) in [5.74, 6) is -2.10. The maximum absolute atomic E-state index is 12.9. The predicted octanol–water partition coefficient (Wildman–Crippen LogP) is 20.1. The lowest BCUT2D eigenvalue weighted by Crippen LogP contribution is -2.40. The minimum atomic E-state index is -1.54. The van der Waals surface area contributed by atoms with Gasteiger partial charge >= 0.3 is 17.9 Å². The number of carbonyl (C=O) groups excluding carboxylic acids is 2. The molecule has 0 aromatic rings. The van der Waals surface area contributed by atoms with Gasteiger partial charge in [-0.2, -0.15) is 0 Å². The Hall–Kier alpha value is -5.09. The normalized spacial score (nSPS) is 13.8. The lowest BCUT2D eigenvalue weighted by molar-refractivity contribution is -0.870. The highest BCUT2D eigenvalue weighted by molar-refractivity contribution is 5.71. The van der Waals surface area contributed by atoms with E-state index in [4.69, 9.17) is 18.9 Å². The average Bonchev–Trinajstić information content (AvgIpc) is 3.46. The summed E-state index contributed by atoms with van der Waals surface area (Å²) >= 11 is 0. The molecule has 0 bridgehead atoms. The van der Waals surface area contributed by atoms with Crippen molar-refractivity contribution in [1.29, 1.82) is 0 Å². The number of allylic oxidation sites excluding steroid dienone is 26. The van der Waals surface area contributed by atoms with Crippen LogP contribution in [0.1, 0.15) is 232 Å². The van der Waals surface area contributed by atoms with Crippen LogP contribution in [0.15, 0.2) is 158 Å². The van der Waals surface area contributed by atoms with E-state index >= 15 is 0 Å². The van der Waals surface area contributed by atoms with Gasteiger partial charge in [0.15, 0.2) is 6.10 Å². The van der Waals surface area contributed by atoms with Crippen molar-refractivity contribution in [2.45, 2.75) is 245 Å². The molecule has 0 aliphatic heterocycles. The Labute approximate surface area is 508 Å². The highest BCUT2D eigenvalue weighted by Crippen LogP contribution is 2.16. The van der Waals surface area contributed by atoms with Crippen LogP contribution in [0.5, 0.6) is 0 Å². The van der Waals surface area contributed by atoms with E-state index in [2.05, 4.69) is 172 Å². The Morgan fingerprint density at radius 3 is 1.00 bits per heavy atom. The van der Waals surface area contributed by atoms with Gasteiger partial charge in [0.2, 0.25) is 0 Å². The quantitative estimate of drug-likeness (QED) is 0.0211. The number of aliphatic carboxylic acids is 1. The molecule has 0 aromatic heterocycles. The Morgan fingerprint density at radius 1 is 0.361 bits per heavy atom. The topological polar surface area (TPSA) is 108 Å². The van der Waals surface area contributed by atoms with Crippen molar-refractivity contribution >= 4 is 17.9 Å². The smallest absolute Gasteiger partial charge is 0.361 e. The van der Waals surface area contributed by atoms with Crippen LogP contribution in [0.2, 0.25) is 0 Å². The summed E-state index contributed by atoms with van der Waals surface area (Å²) < 4.78 is 22.9. The molecule has 83 heavy (non-hydrogen) atoms. The van der Waals surface area contributed by atoms with Crippen LogP contribution in [0.25, 0.3) is 0 Å². The minimum Gasteiger partial charge on any atom is -0.477 e. The van der Waals surface area contributed by atoms with Crippen molar-refractivity contribution in [1.82, 2.24) is 0 Å². The van der Waals surface area contributed by atoms with Crippen molar-refractivity contribution in [3.63, 3.8) is 0 Å². The summed E-state index contributed by atoms with van der Waals surface area (Å²) in [5, 5.41) is 9.73. The third-order valence-corrected chi connectivity index (χ3v) is 13.3. The molecular weight excluding hydrogens is 1030 g/mol. The monoisotopic (exact) mass is 1150 g/mol. The molecule has 9 heteroatoms. The number of carboxylic acids is 1. The molecule has 0 fully saturated rings. The number of ether oxygens (including phenoxy) is 4. The van der Waals surface area contributed by atoms with E-state index in [0.29, 0.717) is 23.9 Å². The van der Waals surface area contributed by atoms with E-state index < -0.39 is 24.3 Å². The molecule has 0 amide bonds. The van der Waals surface area contributed by atoms with Gasteiger partial charge < -0.3 is 28.5 Å². The number of carboxylic acid groups (broad SMARTS) is 1. The number of esters is 2. The Balaban J connectivity index is 4.30. The molecule has 0 rings (SSSR count). The first-order valence-corrected chi connectivity index (χ1v) is 32.6. The summed E-state index contributed by atoms with van der Waals surface area (Å²) in [4.78, 5) is 37.5. The number of quaternary nitrogens is 1. The van der Waals surface area contributed by atoms with Crippen LogP contribution in [0.4, 0.5) is 0 Å². The van der Waals surface area contributed by atoms with E-state index in [0.717, 1.165) is 103 Å². The first-order valence-electron chi connectivity index (χ1n) is 32.6. The van der Waals surface area contributed by atoms with Gasteiger partial charge in [-0.1, -0.05) is 262 Å². The third kappa shape index (κ3) is 64.3. The second-order valence-corrected chi connectivity index (χ2v) is 22.3. The number of hydrogen-bond donors (Lipinski definition) is 1. The summed E-state index contributed by atoms with van der Waals surface area (Å²) in [5.41, 5.74) is 0. The second kappa shape index (κ2) is 62.9. The van der Waals surface area contributed by atoms with Gasteiger partial charge in [0, 0.05) is 12.8 Å². The molecule has 2 unspecified atom stereocenters. The average molecular weight is 1150 g/mol. The molecule has 0 radical (unpaired) electrons. The van der Waals surface area contributed by atoms with Gasteiger partial charge in [-0.15, -0.1) is 0 Å². The number of unbranched alkanes of at least 4 members (excludes halogenated alkanes) is 17. The van der Waals surface area contributed by atoms with Crippen molar-refractivity contribution in [2.75, 3.05) is 47.5 Å². The molecule has 468 valence electrons. The maximum Gasteiger partial charge on any atom is 0.361 e. The first kappa shape index (κ1) is 77.9. The van der Waals surface area contributed by atoms with Gasteiger partial charge in [0.25, 0.3) is 6.29 Å². The molecule has 0 aliphatic carbocycles. The first-order chi connectivity index (χ1) is 40.6. The minimum absolute atomic E-state index is 0.169. The fourth-order valence-corrected chi connectivity index (χ4v) is 8.36. The highest BCUT2D eigenvalue weighted by Gasteiger charge is 2.25. The van der Waals surface area contributed by atoms with Gasteiger partial charge in [-0.05, 0) is 116 Å². The number of nitrogens with zero attached hydrogens (tertiary/aromatic N) is 1. The molecule has 0 spiro atoms. The van der Waals surface area contributed by atoms with Crippen LogP contribution in [-0.2, 0) is 33.3 Å². The Kier molecular flexibility index (Phi) is 59.1. The second-order valence-electron chi connectivity index (χ2n) is 22.3. The van der Waals surface area contributed by atoms with E-state index in [9.17, 15) is 19.5 Å². The van der Waals surface area contributed by atoms with E-state index in [1.54, 1.807) is 0 Å². The lowest BCUT2D eigenvalue weighted by Gasteiger charge is -2.25. The summed E-state index contributed by atoms with van der Waals surface area (Å²) in [7, 11) is 5.94. The van der Waals surface area contributed by atoms with E-state index in [1.165, 1.54) is 89.9 Å². The number of rotatable bonds is 58. The van der Waals surface area contributed by atoms with Crippen molar-refractivity contribution in [2.24, 2.45) is 0 Å². The van der Waals surface area contributed by atoms with Crippen molar-refractivity contribution in [3.05, 3.63) is 158 Å². The zero-order valence-electron chi connectivity index (χ0n) is 53.3. The molecule has 0 aromatic carbocycles. The molecule has 1 N–H and O–H groups in total. The molecule has 0 saturated heterocycles. The van der Waals surface area contributed by atoms with Crippen LogP contribution in [-0.4, -0.2) is 87.4 Å². The highest BCUT2D eigenvalue weighted by atomic mass is 16.7. The fourth-order valence-electron chi connectivity index (χ4n) is 8.36. The zero-order valence-corrected chi connectivity index (χ0v) is 53.3.